The standard InChI is InChI=1S/C14H18FNO2/c1-9(14(17)18)12-7-16(8-12)10(2)11-4-3-5-13(15)6-11/h3-6,9-10,12H,7-8H2,1-2H3,(H,17,18). The molecule has 0 amide bonds. The van der Waals surface area contributed by atoms with Crippen molar-refractivity contribution in [2.75, 3.05) is 13.1 Å². The second kappa shape index (κ2) is 5.06. The van der Waals surface area contributed by atoms with E-state index in [9.17, 15) is 9.18 Å². The fraction of sp³-hybridized carbons (Fsp3) is 0.500. The van der Waals surface area contributed by atoms with Gasteiger partial charge in [0.05, 0.1) is 5.92 Å². The van der Waals surface area contributed by atoms with Crippen molar-refractivity contribution in [3.05, 3.63) is 35.6 Å². The van der Waals surface area contributed by atoms with Gasteiger partial charge in [0.25, 0.3) is 0 Å². The molecule has 1 aliphatic rings. The third-order valence-electron chi connectivity index (χ3n) is 3.91. The topological polar surface area (TPSA) is 40.5 Å². The van der Waals surface area contributed by atoms with Crippen LogP contribution in [0, 0.1) is 17.7 Å². The smallest absolute Gasteiger partial charge is 0.306 e. The van der Waals surface area contributed by atoms with Gasteiger partial charge in [-0.1, -0.05) is 19.1 Å². The fourth-order valence-corrected chi connectivity index (χ4v) is 2.36. The normalized spacial score (nSPS) is 20.2. The minimum Gasteiger partial charge on any atom is -0.481 e. The summed E-state index contributed by atoms with van der Waals surface area (Å²) < 4.78 is 13.1. The van der Waals surface area contributed by atoms with E-state index in [1.165, 1.54) is 6.07 Å². The van der Waals surface area contributed by atoms with Crippen LogP contribution < -0.4 is 0 Å². The van der Waals surface area contributed by atoms with Crippen LogP contribution in [-0.4, -0.2) is 29.1 Å². The predicted octanol–water partition coefficient (Wildman–Crippen LogP) is 2.54. The molecule has 1 fully saturated rings. The third kappa shape index (κ3) is 2.53. The molecular formula is C14H18FNO2. The average molecular weight is 251 g/mol. The van der Waals surface area contributed by atoms with Gasteiger partial charge < -0.3 is 5.11 Å². The molecule has 2 unspecified atom stereocenters. The van der Waals surface area contributed by atoms with Crippen molar-refractivity contribution >= 4 is 5.97 Å². The Kier molecular flexibility index (Phi) is 3.66. The van der Waals surface area contributed by atoms with Crippen molar-refractivity contribution in [2.24, 2.45) is 11.8 Å². The Balaban J connectivity index is 1.94. The molecule has 2 atom stereocenters. The highest BCUT2D eigenvalue weighted by atomic mass is 19.1. The number of benzene rings is 1. The van der Waals surface area contributed by atoms with E-state index in [2.05, 4.69) is 4.90 Å². The number of carboxylic acid groups (broad SMARTS) is 1. The SMILES string of the molecule is CC(C(=O)O)C1CN(C(C)c2cccc(F)c2)C1. The van der Waals surface area contributed by atoms with Crippen LogP contribution in [0.2, 0.25) is 0 Å². The number of hydrogen-bond donors (Lipinski definition) is 1. The number of rotatable bonds is 4. The quantitative estimate of drug-likeness (QED) is 0.894. The highest BCUT2D eigenvalue weighted by Gasteiger charge is 2.36. The van der Waals surface area contributed by atoms with Crippen LogP contribution in [0.4, 0.5) is 4.39 Å². The zero-order valence-electron chi connectivity index (χ0n) is 10.6. The molecule has 0 aliphatic carbocycles. The molecule has 4 heteroatoms. The summed E-state index contributed by atoms with van der Waals surface area (Å²) in [5.41, 5.74) is 0.941. The zero-order chi connectivity index (χ0) is 13.3. The van der Waals surface area contributed by atoms with Crippen LogP contribution in [0.5, 0.6) is 0 Å². The molecule has 1 heterocycles. The lowest BCUT2D eigenvalue weighted by Crippen LogP contribution is -2.51. The Labute approximate surface area is 106 Å². The van der Waals surface area contributed by atoms with Gasteiger partial charge >= 0.3 is 5.97 Å². The van der Waals surface area contributed by atoms with E-state index in [0.717, 1.165) is 18.7 Å². The molecule has 3 nitrogen and oxygen atoms in total. The van der Waals surface area contributed by atoms with Crippen molar-refractivity contribution < 1.29 is 14.3 Å². The molecule has 0 aromatic heterocycles. The summed E-state index contributed by atoms with van der Waals surface area (Å²) in [4.78, 5) is 13.0. The Morgan fingerprint density at radius 1 is 1.44 bits per heavy atom. The molecule has 1 aromatic carbocycles. The molecule has 1 N–H and O–H groups in total. The highest BCUT2D eigenvalue weighted by molar-refractivity contribution is 5.70. The molecule has 1 saturated heterocycles. The molecule has 1 aliphatic heterocycles. The highest BCUT2D eigenvalue weighted by Crippen LogP contribution is 2.32. The van der Waals surface area contributed by atoms with Crippen molar-refractivity contribution in [2.45, 2.75) is 19.9 Å². The molecule has 0 spiro atoms. The summed E-state index contributed by atoms with van der Waals surface area (Å²) in [6.45, 7) is 5.31. The molecule has 0 radical (unpaired) electrons. The Hall–Kier alpha value is -1.42. The fourth-order valence-electron chi connectivity index (χ4n) is 2.36. The van der Waals surface area contributed by atoms with Crippen LogP contribution >= 0.6 is 0 Å². The van der Waals surface area contributed by atoms with Crippen molar-refractivity contribution in [1.82, 2.24) is 4.90 Å². The molecule has 2 rings (SSSR count). The second-order valence-corrected chi connectivity index (χ2v) is 5.07. The minimum atomic E-state index is -0.738. The molecular weight excluding hydrogens is 233 g/mol. The average Bonchev–Trinajstić information content (AvgIpc) is 2.26. The van der Waals surface area contributed by atoms with Gasteiger partial charge in [0, 0.05) is 19.1 Å². The van der Waals surface area contributed by atoms with Gasteiger partial charge in [0.2, 0.25) is 0 Å². The number of likely N-dealkylation sites (tertiary alicyclic amines) is 1. The van der Waals surface area contributed by atoms with Gasteiger partial charge in [-0.15, -0.1) is 0 Å². The van der Waals surface area contributed by atoms with Crippen LogP contribution in [0.3, 0.4) is 0 Å². The van der Waals surface area contributed by atoms with Crippen molar-refractivity contribution in [3.63, 3.8) is 0 Å². The van der Waals surface area contributed by atoms with E-state index in [0.29, 0.717) is 0 Å². The second-order valence-electron chi connectivity index (χ2n) is 5.07. The number of nitrogens with zero attached hydrogens (tertiary/aromatic N) is 1. The summed E-state index contributed by atoms with van der Waals surface area (Å²) in [6, 6.07) is 6.72. The first kappa shape index (κ1) is 13.0. The minimum absolute atomic E-state index is 0.137. The first-order valence-corrected chi connectivity index (χ1v) is 6.21. The van der Waals surface area contributed by atoms with E-state index in [4.69, 9.17) is 5.11 Å². The van der Waals surface area contributed by atoms with E-state index in [1.54, 1.807) is 19.1 Å². The maximum atomic E-state index is 13.1. The lowest BCUT2D eigenvalue weighted by Gasteiger charge is -2.45. The third-order valence-corrected chi connectivity index (χ3v) is 3.91. The van der Waals surface area contributed by atoms with Gasteiger partial charge in [-0.2, -0.15) is 0 Å². The van der Waals surface area contributed by atoms with Gasteiger partial charge in [-0.05, 0) is 30.5 Å². The van der Waals surface area contributed by atoms with Crippen molar-refractivity contribution in [3.8, 4) is 0 Å². The van der Waals surface area contributed by atoms with Crippen molar-refractivity contribution in [1.29, 1.82) is 0 Å². The van der Waals surface area contributed by atoms with Crippen LogP contribution in [0.1, 0.15) is 25.5 Å². The number of aliphatic carboxylic acids is 1. The number of carboxylic acids is 1. The van der Waals surface area contributed by atoms with Gasteiger partial charge in [0.1, 0.15) is 5.82 Å². The predicted molar refractivity (Wildman–Crippen MR) is 66.7 cm³/mol. The summed E-state index contributed by atoms with van der Waals surface area (Å²) in [6.07, 6.45) is 0. The number of hydrogen-bond acceptors (Lipinski definition) is 2. The summed E-state index contributed by atoms with van der Waals surface area (Å²) >= 11 is 0. The molecule has 98 valence electrons. The Morgan fingerprint density at radius 3 is 2.67 bits per heavy atom. The summed E-state index contributed by atoms with van der Waals surface area (Å²) in [5.74, 6) is -1.06. The van der Waals surface area contributed by atoms with Gasteiger partial charge in [0.15, 0.2) is 0 Å². The Bertz CT molecular complexity index is 443. The molecule has 18 heavy (non-hydrogen) atoms. The first-order valence-electron chi connectivity index (χ1n) is 6.21. The number of halogens is 1. The lowest BCUT2D eigenvalue weighted by molar-refractivity contribution is -0.146. The van der Waals surface area contributed by atoms with Crippen LogP contribution in [0.25, 0.3) is 0 Å². The van der Waals surface area contributed by atoms with E-state index in [1.807, 2.05) is 13.0 Å². The molecule has 0 bridgehead atoms. The first-order chi connectivity index (χ1) is 8.49. The van der Waals surface area contributed by atoms with Crippen LogP contribution in [0.15, 0.2) is 24.3 Å². The zero-order valence-corrected chi connectivity index (χ0v) is 10.6. The van der Waals surface area contributed by atoms with E-state index >= 15 is 0 Å². The van der Waals surface area contributed by atoms with E-state index < -0.39 is 5.97 Å². The van der Waals surface area contributed by atoms with Crippen LogP contribution in [-0.2, 0) is 4.79 Å². The summed E-state index contributed by atoms with van der Waals surface area (Å²) in [5, 5.41) is 8.93. The lowest BCUT2D eigenvalue weighted by atomic mass is 9.85. The maximum absolute atomic E-state index is 13.1. The molecule has 0 saturated carbocycles. The maximum Gasteiger partial charge on any atom is 0.306 e. The molecule has 1 aromatic rings. The summed E-state index contributed by atoms with van der Waals surface area (Å²) in [7, 11) is 0. The largest absolute Gasteiger partial charge is 0.481 e. The number of carbonyl (C=O) groups is 1. The Morgan fingerprint density at radius 2 is 2.11 bits per heavy atom. The van der Waals surface area contributed by atoms with E-state index in [-0.39, 0.29) is 23.7 Å². The van der Waals surface area contributed by atoms with Gasteiger partial charge in [-0.25, -0.2) is 4.39 Å². The van der Waals surface area contributed by atoms with Gasteiger partial charge in [-0.3, -0.25) is 9.69 Å². The monoisotopic (exact) mass is 251 g/mol.